The Balaban J connectivity index is 1.42. The molecule has 1 aliphatic heterocycles. The van der Waals surface area contributed by atoms with Gasteiger partial charge in [-0.25, -0.2) is 0 Å². The lowest BCUT2D eigenvalue weighted by molar-refractivity contribution is -0.137. The number of likely N-dealkylation sites (tertiary alicyclic amines) is 1. The van der Waals surface area contributed by atoms with Gasteiger partial charge < -0.3 is 4.52 Å². The van der Waals surface area contributed by atoms with Gasteiger partial charge in [-0.05, 0) is 30.2 Å². The number of alkyl halides is 3. The van der Waals surface area contributed by atoms with E-state index in [2.05, 4.69) is 34.1 Å². The molecule has 0 aliphatic carbocycles. The van der Waals surface area contributed by atoms with E-state index in [-0.39, 0.29) is 11.7 Å². The van der Waals surface area contributed by atoms with Gasteiger partial charge in [0.15, 0.2) is 0 Å². The number of aryl methyl sites for hydroxylation is 1. The maximum atomic E-state index is 12.9. The molecule has 1 saturated heterocycles. The second-order valence-electron chi connectivity index (χ2n) is 6.85. The van der Waals surface area contributed by atoms with Gasteiger partial charge in [-0.3, -0.25) is 4.90 Å². The standard InChI is InChI=1S/C20H18F3N3O/c1-13-5-2-3-6-15(13)10-26-11-16(12-26)19-24-18(25-27-19)14-7-4-8-17(9-14)20(21,22)23/h2-9,16H,10-12H2,1H3. The van der Waals surface area contributed by atoms with E-state index < -0.39 is 11.7 Å². The fourth-order valence-electron chi connectivity index (χ4n) is 3.24. The molecule has 0 N–H and O–H groups in total. The molecule has 2 heterocycles. The molecule has 0 unspecified atom stereocenters. The fourth-order valence-corrected chi connectivity index (χ4v) is 3.24. The first-order valence-electron chi connectivity index (χ1n) is 8.68. The fraction of sp³-hybridized carbons (Fsp3) is 0.300. The number of halogens is 3. The maximum Gasteiger partial charge on any atom is 0.416 e. The van der Waals surface area contributed by atoms with E-state index >= 15 is 0 Å². The number of aromatic nitrogens is 2. The van der Waals surface area contributed by atoms with Crippen molar-refractivity contribution >= 4 is 0 Å². The summed E-state index contributed by atoms with van der Waals surface area (Å²) < 4.78 is 43.9. The summed E-state index contributed by atoms with van der Waals surface area (Å²) in [5, 5.41) is 3.86. The van der Waals surface area contributed by atoms with Gasteiger partial charge in [-0.1, -0.05) is 41.6 Å². The summed E-state index contributed by atoms with van der Waals surface area (Å²) in [7, 11) is 0. The highest BCUT2D eigenvalue weighted by Crippen LogP contribution is 2.33. The van der Waals surface area contributed by atoms with E-state index in [1.807, 2.05) is 12.1 Å². The molecule has 0 bridgehead atoms. The van der Waals surface area contributed by atoms with Crippen LogP contribution in [0.25, 0.3) is 11.4 Å². The van der Waals surface area contributed by atoms with Crippen molar-refractivity contribution < 1.29 is 17.7 Å². The van der Waals surface area contributed by atoms with E-state index in [0.717, 1.165) is 31.8 Å². The molecule has 0 atom stereocenters. The zero-order valence-corrected chi connectivity index (χ0v) is 14.7. The normalized spacial score (nSPS) is 15.7. The van der Waals surface area contributed by atoms with E-state index in [1.54, 1.807) is 6.07 Å². The van der Waals surface area contributed by atoms with Gasteiger partial charge in [-0.2, -0.15) is 18.2 Å². The summed E-state index contributed by atoms with van der Waals surface area (Å²) in [4.78, 5) is 6.59. The van der Waals surface area contributed by atoms with Crippen LogP contribution in [0.3, 0.4) is 0 Å². The minimum absolute atomic E-state index is 0.112. The molecular weight excluding hydrogens is 355 g/mol. The zero-order chi connectivity index (χ0) is 19.0. The summed E-state index contributed by atoms with van der Waals surface area (Å²) in [6.07, 6.45) is -4.40. The Morgan fingerprint density at radius 3 is 2.63 bits per heavy atom. The molecule has 2 aromatic carbocycles. The quantitative estimate of drug-likeness (QED) is 0.667. The van der Waals surface area contributed by atoms with Crippen molar-refractivity contribution in [1.82, 2.24) is 15.0 Å². The second-order valence-corrected chi connectivity index (χ2v) is 6.85. The molecule has 0 saturated carbocycles. The Hall–Kier alpha value is -2.67. The molecule has 1 aromatic heterocycles. The molecule has 27 heavy (non-hydrogen) atoms. The average molecular weight is 373 g/mol. The molecule has 0 radical (unpaired) electrons. The Morgan fingerprint density at radius 1 is 1.11 bits per heavy atom. The number of nitrogens with zero attached hydrogens (tertiary/aromatic N) is 3. The van der Waals surface area contributed by atoms with Crippen LogP contribution in [0.1, 0.15) is 28.5 Å². The van der Waals surface area contributed by atoms with Crippen molar-refractivity contribution in [3.05, 3.63) is 71.1 Å². The number of rotatable bonds is 4. The summed E-state index contributed by atoms with van der Waals surface area (Å²) in [6.45, 7) is 4.53. The molecule has 140 valence electrons. The molecule has 3 aromatic rings. The third kappa shape index (κ3) is 3.73. The van der Waals surface area contributed by atoms with E-state index in [4.69, 9.17) is 4.52 Å². The van der Waals surface area contributed by atoms with Crippen LogP contribution in [0.15, 0.2) is 53.1 Å². The minimum atomic E-state index is -4.40. The van der Waals surface area contributed by atoms with Crippen LogP contribution in [0.4, 0.5) is 13.2 Å². The maximum absolute atomic E-state index is 12.9. The predicted octanol–water partition coefficient (Wildman–Crippen LogP) is 4.66. The third-order valence-electron chi connectivity index (χ3n) is 4.85. The highest BCUT2D eigenvalue weighted by Gasteiger charge is 2.33. The van der Waals surface area contributed by atoms with Crippen LogP contribution >= 0.6 is 0 Å². The zero-order valence-electron chi connectivity index (χ0n) is 14.7. The average Bonchev–Trinajstić information content (AvgIpc) is 3.08. The first-order valence-corrected chi connectivity index (χ1v) is 8.68. The lowest BCUT2D eigenvalue weighted by atomic mass is 9.98. The Morgan fingerprint density at radius 2 is 1.89 bits per heavy atom. The van der Waals surface area contributed by atoms with E-state index in [1.165, 1.54) is 17.2 Å². The first kappa shape index (κ1) is 17.7. The van der Waals surface area contributed by atoms with E-state index in [9.17, 15) is 13.2 Å². The van der Waals surface area contributed by atoms with Crippen LogP contribution in [-0.4, -0.2) is 28.1 Å². The summed E-state index contributed by atoms with van der Waals surface area (Å²) in [5.41, 5.74) is 2.12. The molecule has 1 fully saturated rings. The number of benzene rings is 2. The molecule has 0 spiro atoms. The highest BCUT2D eigenvalue weighted by atomic mass is 19.4. The lowest BCUT2D eigenvalue weighted by Gasteiger charge is -2.37. The molecule has 4 nitrogen and oxygen atoms in total. The number of hydrogen-bond donors (Lipinski definition) is 0. The molecular formula is C20H18F3N3O. The van der Waals surface area contributed by atoms with Crippen molar-refractivity contribution in [2.75, 3.05) is 13.1 Å². The largest absolute Gasteiger partial charge is 0.416 e. The first-order chi connectivity index (χ1) is 12.9. The molecule has 0 amide bonds. The van der Waals surface area contributed by atoms with Crippen molar-refractivity contribution in [1.29, 1.82) is 0 Å². The van der Waals surface area contributed by atoms with Crippen LogP contribution in [0.5, 0.6) is 0 Å². The smallest absolute Gasteiger partial charge is 0.339 e. The Labute approximate surface area is 154 Å². The molecule has 1 aliphatic rings. The Kier molecular flexibility index (Phi) is 4.47. The van der Waals surface area contributed by atoms with Gasteiger partial charge >= 0.3 is 6.18 Å². The van der Waals surface area contributed by atoms with Crippen molar-refractivity contribution in [2.24, 2.45) is 0 Å². The van der Waals surface area contributed by atoms with Gasteiger partial charge in [0.25, 0.3) is 0 Å². The third-order valence-corrected chi connectivity index (χ3v) is 4.85. The highest BCUT2D eigenvalue weighted by molar-refractivity contribution is 5.55. The lowest BCUT2D eigenvalue weighted by Crippen LogP contribution is -2.44. The Bertz CT molecular complexity index is 945. The van der Waals surface area contributed by atoms with Crippen LogP contribution in [-0.2, 0) is 12.7 Å². The van der Waals surface area contributed by atoms with Crippen LogP contribution < -0.4 is 0 Å². The van der Waals surface area contributed by atoms with Gasteiger partial charge in [0.05, 0.1) is 11.5 Å². The van der Waals surface area contributed by atoms with Crippen molar-refractivity contribution in [2.45, 2.75) is 25.6 Å². The van der Waals surface area contributed by atoms with Gasteiger partial charge in [0.2, 0.25) is 11.7 Å². The van der Waals surface area contributed by atoms with E-state index in [0.29, 0.717) is 11.5 Å². The van der Waals surface area contributed by atoms with Gasteiger partial charge in [0.1, 0.15) is 0 Å². The van der Waals surface area contributed by atoms with Crippen LogP contribution in [0, 0.1) is 6.92 Å². The summed E-state index contributed by atoms with van der Waals surface area (Å²) in [5.74, 6) is 0.776. The molecule has 4 rings (SSSR count). The monoisotopic (exact) mass is 373 g/mol. The summed E-state index contributed by atoms with van der Waals surface area (Å²) >= 11 is 0. The van der Waals surface area contributed by atoms with Gasteiger partial charge in [0, 0.05) is 25.2 Å². The predicted molar refractivity (Wildman–Crippen MR) is 93.9 cm³/mol. The van der Waals surface area contributed by atoms with Crippen molar-refractivity contribution in [3.8, 4) is 11.4 Å². The topological polar surface area (TPSA) is 42.2 Å². The van der Waals surface area contributed by atoms with Gasteiger partial charge in [-0.15, -0.1) is 0 Å². The second kappa shape index (κ2) is 6.81. The SMILES string of the molecule is Cc1ccccc1CN1CC(c2nc(-c3cccc(C(F)(F)F)c3)no2)C1. The minimum Gasteiger partial charge on any atom is -0.339 e. The number of hydrogen-bond acceptors (Lipinski definition) is 4. The van der Waals surface area contributed by atoms with Crippen molar-refractivity contribution in [3.63, 3.8) is 0 Å². The molecule has 7 heteroatoms. The van der Waals surface area contributed by atoms with Crippen LogP contribution in [0.2, 0.25) is 0 Å². The summed E-state index contributed by atoms with van der Waals surface area (Å²) in [6, 6.07) is 13.2.